The van der Waals surface area contributed by atoms with Crippen LogP contribution in [0.15, 0.2) is 0 Å². The van der Waals surface area contributed by atoms with Crippen LogP contribution < -0.4 is 0 Å². The molecule has 0 spiro atoms. The molecule has 1 aliphatic heterocycles. The molecule has 0 saturated carbocycles. The monoisotopic (exact) mass is 246 g/mol. The predicted molar refractivity (Wildman–Crippen MR) is 57.3 cm³/mol. The summed E-state index contributed by atoms with van der Waals surface area (Å²) in [4.78, 5) is 22.1. The molecule has 17 heavy (non-hydrogen) atoms. The Morgan fingerprint density at radius 2 is 1.94 bits per heavy atom. The summed E-state index contributed by atoms with van der Waals surface area (Å²) >= 11 is 0. The van der Waals surface area contributed by atoms with Crippen LogP contribution in [-0.2, 0) is 23.7 Å². The summed E-state index contributed by atoms with van der Waals surface area (Å²) in [5.74, 6) is -0.490. The Hall–Kier alpha value is -1.30. The van der Waals surface area contributed by atoms with Gasteiger partial charge in [0.15, 0.2) is 0 Å². The first-order valence-corrected chi connectivity index (χ1v) is 5.74. The number of rotatable bonds is 4. The van der Waals surface area contributed by atoms with E-state index in [1.165, 1.54) is 6.92 Å². The second kappa shape index (κ2) is 7.11. The van der Waals surface area contributed by atoms with E-state index in [2.05, 4.69) is 0 Å². The third-order valence-electron chi connectivity index (χ3n) is 2.29. The summed E-state index contributed by atoms with van der Waals surface area (Å²) in [5.41, 5.74) is 0. The van der Waals surface area contributed by atoms with Gasteiger partial charge in [0.25, 0.3) is 6.29 Å². The maximum atomic E-state index is 11.4. The van der Waals surface area contributed by atoms with Crippen molar-refractivity contribution in [3.05, 3.63) is 0 Å². The quantitative estimate of drug-likeness (QED) is 0.554. The van der Waals surface area contributed by atoms with Gasteiger partial charge in [0.05, 0.1) is 13.2 Å². The minimum atomic E-state index is -0.875. The van der Waals surface area contributed by atoms with Crippen molar-refractivity contribution in [2.75, 3.05) is 13.2 Å². The topological polar surface area (TPSA) is 71.1 Å². The van der Waals surface area contributed by atoms with E-state index in [1.807, 2.05) is 0 Å². The number of hydrogen-bond acceptors (Lipinski definition) is 6. The fraction of sp³-hybridized carbons (Fsp3) is 0.818. The summed E-state index contributed by atoms with van der Waals surface area (Å²) in [6, 6.07) is 0. The predicted octanol–water partition coefficient (Wildman–Crippen LogP) is 1.62. The largest absolute Gasteiger partial charge is 0.511 e. The van der Waals surface area contributed by atoms with E-state index >= 15 is 0 Å². The van der Waals surface area contributed by atoms with Crippen molar-refractivity contribution >= 4 is 12.1 Å². The molecule has 1 aliphatic rings. The first kappa shape index (κ1) is 13.8. The smallest absolute Gasteiger partial charge is 0.431 e. The lowest BCUT2D eigenvalue weighted by Gasteiger charge is -2.23. The molecule has 0 unspecified atom stereocenters. The molecule has 0 aromatic rings. The molecular weight excluding hydrogens is 228 g/mol. The van der Waals surface area contributed by atoms with Crippen molar-refractivity contribution in [2.24, 2.45) is 0 Å². The van der Waals surface area contributed by atoms with E-state index in [-0.39, 0.29) is 6.10 Å². The first-order chi connectivity index (χ1) is 8.11. The summed E-state index contributed by atoms with van der Waals surface area (Å²) in [6.07, 6.45) is -0.127. The Balaban J connectivity index is 2.28. The van der Waals surface area contributed by atoms with Crippen LogP contribution >= 0.6 is 0 Å². The van der Waals surface area contributed by atoms with Crippen molar-refractivity contribution in [2.45, 2.75) is 45.5 Å². The van der Waals surface area contributed by atoms with Gasteiger partial charge in [-0.05, 0) is 0 Å². The molecule has 0 aliphatic carbocycles. The zero-order valence-corrected chi connectivity index (χ0v) is 10.1. The van der Waals surface area contributed by atoms with Crippen LogP contribution in [0, 0.1) is 0 Å². The first-order valence-electron chi connectivity index (χ1n) is 5.74. The molecule has 0 aromatic carbocycles. The molecule has 98 valence electrons. The number of esters is 1. The zero-order valence-electron chi connectivity index (χ0n) is 10.1. The normalized spacial score (nSPS) is 18.2. The van der Waals surface area contributed by atoms with E-state index in [0.29, 0.717) is 32.5 Å². The molecule has 1 atom stereocenters. The van der Waals surface area contributed by atoms with Gasteiger partial charge in [-0.1, -0.05) is 6.92 Å². The highest BCUT2D eigenvalue weighted by molar-refractivity contribution is 5.66. The number of carbonyl (C=O) groups is 2. The van der Waals surface area contributed by atoms with E-state index in [4.69, 9.17) is 18.9 Å². The fourth-order valence-electron chi connectivity index (χ4n) is 1.44. The van der Waals surface area contributed by atoms with Crippen LogP contribution in [0.5, 0.6) is 0 Å². The Morgan fingerprint density at radius 1 is 1.29 bits per heavy atom. The molecule has 0 N–H and O–H groups in total. The molecule has 6 heteroatoms. The minimum Gasteiger partial charge on any atom is -0.431 e. The number of carbonyl (C=O) groups excluding carboxylic acids is 2. The van der Waals surface area contributed by atoms with Crippen LogP contribution in [0.3, 0.4) is 0 Å². The van der Waals surface area contributed by atoms with Crippen LogP contribution in [0.2, 0.25) is 0 Å². The SMILES string of the molecule is CC[C@H](OC(C)=O)OC(=O)OC1CCOCC1. The Labute approximate surface area is 100 Å². The maximum Gasteiger partial charge on any atom is 0.511 e. The molecular formula is C11H18O6. The van der Waals surface area contributed by atoms with Gasteiger partial charge in [-0.15, -0.1) is 0 Å². The third-order valence-corrected chi connectivity index (χ3v) is 2.29. The summed E-state index contributed by atoms with van der Waals surface area (Å²) in [5, 5.41) is 0. The fourth-order valence-corrected chi connectivity index (χ4v) is 1.44. The molecule has 1 saturated heterocycles. The van der Waals surface area contributed by atoms with Crippen molar-refractivity contribution in [3.8, 4) is 0 Å². The molecule has 6 nitrogen and oxygen atoms in total. The highest BCUT2D eigenvalue weighted by Crippen LogP contribution is 2.12. The van der Waals surface area contributed by atoms with E-state index in [1.54, 1.807) is 6.92 Å². The zero-order chi connectivity index (χ0) is 12.7. The van der Waals surface area contributed by atoms with Gasteiger partial charge in [0.2, 0.25) is 0 Å². The average Bonchev–Trinajstić information content (AvgIpc) is 2.28. The molecule has 1 heterocycles. The van der Waals surface area contributed by atoms with Gasteiger partial charge in [0.1, 0.15) is 6.10 Å². The van der Waals surface area contributed by atoms with Crippen molar-refractivity contribution in [1.29, 1.82) is 0 Å². The lowest BCUT2D eigenvalue weighted by atomic mass is 10.2. The molecule has 1 fully saturated rings. The minimum absolute atomic E-state index is 0.175. The van der Waals surface area contributed by atoms with Gasteiger partial charge in [0, 0.05) is 26.2 Å². The summed E-state index contributed by atoms with van der Waals surface area (Å²) in [7, 11) is 0. The van der Waals surface area contributed by atoms with Gasteiger partial charge in [-0.2, -0.15) is 0 Å². The summed E-state index contributed by atoms with van der Waals surface area (Å²) < 4.78 is 19.8. The van der Waals surface area contributed by atoms with Gasteiger partial charge >= 0.3 is 12.1 Å². The Kier molecular flexibility index (Phi) is 5.76. The highest BCUT2D eigenvalue weighted by Gasteiger charge is 2.22. The van der Waals surface area contributed by atoms with Crippen molar-refractivity contribution in [1.82, 2.24) is 0 Å². The maximum absolute atomic E-state index is 11.4. The second-order valence-electron chi connectivity index (χ2n) is 3.74. The van der Waals surface area contributed by atoms with Crippen LogP contribution in [0.4, 0.5) is 4.79 Å². The molecule has 0 radical (unpaired) electrons. The van der Waals surface area contributed by atoms with Crippen LogP contribution in [0.1, 0.15) is 33.1 Å². The van der Waals surface area contributed by atoms with E-state index < -0.39 is 18.4 Å². The van der Waals surface area contributed by atoms with Crippen molar-refractivity contribution < 1.29 is 28.5 Å². The lowest BCUT2D eigenvalue weighted by molar-refractivity contribution is -0.170. The van der Waals surface area contributed by atoms with Crippen LogP contribution in [0.25, 0.3) is 0 Å². The number of ether oxygens (including phenoxy) is 4. The standard InChI is InChI=1S/C11H18O6/c1-3-10(15-8(2)12)17-11(13)16-9-4-6-14-7-5-9/h9-10H,3-7H2,1-2H3/t10-/m1/s1. The molecule has 0 aromatic heterocycles. The second-order valence-corrected chi connectivity index (χ2v) is 3.74. The summed E-state index contributed by atoms with van der Waals surface area (Å²) in [6.45, 7) is 4.17. The Bertz CT molecular complexity index is 259. The average molecular weight is 246 g/mol. The van der Waals surface area contributed by atoms with E-state index in [9.17, 15) is 9.59 Å². The molecule has 0 bridgehead atoms. The van der Waals surface area contributed by atoms with Gasteiger partial charge in [-0.25, -0.2) is 4.79 Å². The lowest BCUT2D eigenvalue weighted by Crippen LogP contribution is -2.29. The highest BCUT2D eigenvalue weighted by atomic mass is 16.8. The molecule has 1 rings (SSSR count). The number of hydrogen-bond donors (Lipinski definition) is 0. The van der Waals surface area contributed by atoms with Crippen molar-refractivity contribution in [3.63, 3.8) is 0 Å². The van der Waals surface area contributed by atoms with E-state index in [0.717, 1.165) is 0 Å². The van der Waals surface area contributed by atoms with Gasteiger partial charge in [-0.3, -0.25) is 4.79 Å². The van der Waals surface area contributed by atoms with Gasteiger partial charge < -0.3 is 18.9 Å². The van der Waals surface area contributed by atoms with Crippen LogP contribution in [-0.4, -0.2) is 37.7 Å². The third kappa shape index (κ3) is 5.53. The molecule has 0 amide bonds. The Morgan fingerprint density at radius 3 is 2.47 bits per heavy atom.